The fourth-order valence-electron chi connectivity index (χ4n) is 3.95. The van der Waals surface area contributed by atoms with Crippen molar-refractivity contribution >= 4 is 23.1 Å². The third kappa shape index (κ3) is 3.57. The Morgan fingerprint density at radius 3 is 2.43 bits per heavy atom. The highest BCUT2D eigenvalue weighted by Crippen LogP contribution is 2.40. The Kier molecular flexibility index (Phi) is 5.33. The lowest BCUT2D eigenvalue weighted by atomic mass is 9.95. The Bertz CT molecular complexity index is 1010. The molecule has 0 aliphatic carbocycles. The number of ether oxygens (including phenoxy) is 1. The van der Waals surface area contributed by atoms with Crippen LogP contribution < -0.4 is 0 Å². The maximum atomic E-state index is 12.9. The van der Waals surface area contributed by atoms with Crippen LogP contribution >= 0.6 is 0 Å². The van der Waals surface area contributed by atoms with Crippen molar-refractivity contribution in [3.05, 3.63) is 81.4 Å². The second-order valence-corrected chi connectivity index (χ2v) is 7.30. The molecule has 8 nitrogen and oxygen atoms in total. The van der Waals surface area contributed by atoms with E-state index in [2.05, 4.69) is 0 Å². The zero-order chi connectivity index (χ0) is 21.3. The van der Waals surface area contributed by atoms with Gasteiger partial charge in [-0.25, -0.2) is 0 Å². The molecule has 2 aromatic carbocycles. The highest BCUT2D eigenvalue weighted by atomic mass is 16.6. The van der Waals surface area contributed by atoms with Gasteiger partial charge in [0, 0.05) is 30.8 Å². The van der Waals surface area contributed by atoms with Crippen molar-refractivity contribution in [3.8, 4) is 0 Å². The van der Waals surface area contributed by atoms with Gasteiger partial charge in [0.05, 0.1) is 22.6 Å². The number of hydrogen-bond donors (Lipinski definition) is 1. The van der Waals surface area contributed by atoms with E-state index in [0.29, 0.717) is 17.7 Å². The Hall–Kier alpha value is -3.52. The minimum absolute atomic E-state index is 0.0296. The van der Waals surface area contributed by atoms with Gasteiger partial charge in [0.2, 0.25) is 0 Å². The lowest BCUT2D eigenvalue weighted by molar-refractivity contribution is -0.384. The van der Waals surface area contributed by atoms with Crippen LogP contribution in [0.1, 0.15) is 30.0 Å². The molecule has 2 atom stereocenters. The Labute approximate surface area is 172 Å². The molecule has 2 heterocycles. The Balaban J connectivity index is 1.81. The van der Waals surface area contributed by atoms with Crippen molar-refractivity contribution in [2.75, 3.05) is 13.2 Å². The summed E-state index contributed by atoms with van der Waals surface area (Å²) in [5.41, 5.74) is 0.797. The second-order valence-electron chi connectivity index (χ2n) is 7.30. The summed E-state index contributed by atoms with van der Waals surface area (Å²) in [5, 5.41) is 21.9. The molecule has 154 valence electrons. The quantitative estimate of drug-likeness (QED) is 0.267. The fourth-order valence-corrected chi connectivity index (χ4v) is 3.95. The molecule has 2 aliphatic heterocycles. The number of benzene rings is 2. The van der Waals surface area contributed by atoms with Gasteiger partial charge >= 0.3 is 0 Å². The molecule has 1 N–H and O–H groups in total. The predicted octanol–water partition coefficient (Wildman–Crippen LogP) is 3.20. The monoisotopic (exact) mass is 408 g/mol. The van der Waals surface area contributed by atoms with Gasteiger partial charge in [0.15, 0.2) is 0 Å². The molecule has 2 fully saturated rings. The number of likely N-dealkylation sites (tertiary alicyclic amines) is 1. The maximum Gasteiger partial charge on any atom is 0.295 e. The van der Waals surface area contributed by atoms with Crippen molar-refractivity contribution in [2.45, 2.75) is 25.0 Å². The minimum atomic E-state index is -0.852. The number of Topliss-reactive ketones (excluding diaryl/α,β-unsaturated/α-hetero) is 1. The number of carbonyl (C=O) groups is 2. The molecular formula is C22H20N2O6. The average molecular weight is 408 g/mol. The molecule has 0 unspecified atom stereocenters. The maximum absolute atomic E-state index is 12.9. The number of hydrogen-bond acceptors (Lipinski definition) is 6. The standard InChI is InChI=1S/C22H20N2O6/c25-20(15-5-2-1-3-6-15)18-19(14-8-10-16(11-9-14)24(28)29)23(22(27)21(18)26)13-17-7-4-12-30-17/h1-3,5-6,8-11,17,19,25H,4,7,12-13H2/t17-,19-/m0/s1. The molecule has 0 bridgehead atoms. The van der Waals surface area contributed by atoms with Crippen molar-refractivity contribution in [1.82, 2.24) is 4.90 Å². The number of nitrogens with zero attached hydrogens (tertiary/aromatic N) is 2. The normalized spacial score (nSPS) is 23.1. The van der Waals surface area contributed by atoms with E-state index in [1.54, 1.807) is 30.3 Å². The summed E-state index contributed by atoms with van der Waals surface area (Å²) in [5.74, 6) is -1.77. The highest BCUT2D eigenvalue weighted by Gasteiger charge is 2.47. The number of aliphatic hydroxyl groups is 1. The summed E-state index contributed by atoms with van der Waals surface area (Å²) < 4.78 is 5.64. The van der Waals surface area contributed by atoms with Crippen LogP contribution in [0.3, 0.4) is 0 Å². The Morgan fingerprint density at radius 2 is 1.83 bits per heavy atom. The Morgan fingerprint density at radius 1 is 1.13 bits per heavy atom. The summed E-state index contributed by atoms with van der Waals surface area (Å²) in [6.07, 6.45) is 1.45. The first kappa shape index (κ1) is 19.8. The highest BCUT2D eigenvalue weighted by molar-refractivity contribution is 6.46. The van der Waals surface area contributed by atoms with Gasteiger partial charge in [0.1, 0.15) is 5.76 Å². The number of nitro groups is 1. The summed E-state index contributed by atoms with van der Waals surface area (Å²) in [6, 6.07) is 13.3. The van der Waals surface area contributed by atoms with Crippen LogP contribution in [0.4, 0.5) is 5.69 Å². The molecule has 0 radical (unpaired) electrons. The zero-order valence-electron chi connectivity index (χ0n) is 16.1. The number of non-ortho nitro benzene ring substituents is 1. The van der Waals surface area contributed by atoms with E-state index in [-0.39, 0.29) is 29.7 Å². The SMILES string of the molecule is O=C1C(=O)N(C[C@@H]2CCCO2)[C@@H](c2ccc([N+](=O)[O-])cc2)C1=C(O)c1ccccc1. The summed E-state index contributed by atoms with van der Waals surface area (Å²) in [6.45, 7) is 0.804. The summed E-state index contributed by atoms with van der Waals surface area (Å²) >= 11 is 0. The van der Waals surface area contributed by atoms with Crippen LogP contribution in [0, 0.1) is 10.1 Å². The summed E-state index contributed by atoms with van der Waals surface area (Å²) in [7, 11) is 0. The number of ketones is 1. The zero-order valence-corrected chi connectivity index (χ0v) is 16.1. The van der Waals surface area contributed by atoms with E-state index in [4.69, 9.17) is 4.74 Å². The first-order valence-electron chi connectivity index (χ1n) is 9.67. The van der Waals surface area contributed by atoms with E-state index in [0.717, 1.165) is 12.8 Å². The smallest absolute Gasteiger partial charge is 0.295 e. The molecule has 2 saturated heterocycles. The molecule has 2 aliphatic rings. The molecule has 1 amide bonds. The average Bonchev–Trinajstić information content (AvgIpc) is 3.36. The number of carbonyl (C=O) groups excluding carboxylic acids is 2. The number of nitro benzene ring substituents is 1. The van der Waals surface area contributed by atoms with Crippen LogP contribution in [0.25, 0.3) is 5.76 Å². The van der Waals surface area contributed by atoms with Gasteiger partial charge in [-0.3, -0.25) is 19.7 Å². The van der Waals surface area contributed by atoms with Crippen LogP contribution in [0.15, 0.2) is 60.2 Å². The van der Waals surface area contributed by atoms with E-state index in [1.807, 2.05) is 0 Å². The van der Waals surface area contributed by atoms with Gasteiger partial charge in [-0.1, -0.05) is 30.3 Å². The molecule has 0 spiro atoms. The van der Waals surface area contributed by atoms with Crippen LogP contribution in [0.5, 0.6) is 0 Å². The van der Waals surface area contributed by atoms with Crippen molar-refractivity contribution < 1.29 is 24.4 Å². The van der Waals surface area contributed by atoms with Gasteiger partial charge in [-0.05, 0) is 30.5 Å². The first-order chi connectivity index (χ1) is 14.5. The van der Waals surface area contributed by atoms with Crippen LogP contribution in [-0.4, -0.2) is 45.9 Å². The van der Waals surface area contributed by atoms with Crippen molar-refractivity contribution in [1.29, 1.82) is 0 Å². The minimum Gasteiger partial charge on any atom is -0.507 e. The van der Waals surface area contributed by atoms with E-state index in [9.17, 15) is 24.8 Å². The molecule has 2 aromatic rings. The van der Waals surface area contributed by atoms with Crippen molar-refractivity contribution in [3.63, 3.8) is 0 Å². The molecular weight excluding hydrogens is 388 g/mol. The van der Waals surface area contributed by atoms with E-state index < -0.39 is 22.7 Å². The van der Waals surface area contributed by atoms with Crippen molar-refractivity contribution in [2.24, 2.45) is 0 Å². The number of amides is 1. The lowest BCUT2D eigenvalue weighted by Gasteiger charge is -2.27. The first-order valence-corrected chi connectivity index (χ1v) is 9.67. The van der Waals surface area contributed by atoms with E-state index in [1.165, 1.54) is 29.2 Å². The number of aliphatic hydroxyl groups excluding tert-OH is 1. The number of rotatable bonds is 5. The summed E-state index contributed by atoms with van der Waals surface area (Å²) in [4.78, 5) is 37.7. The van der Waals surface area contributed by atoms with E-state index >= 15 is 0 Å². The molecule has 0 aromatic heterocycles. The molecule has 8 heteroatoms. The van der Waals surface area contributed by atoms with Crippen LogP contribution in [0.2, 0.25) is 0 Å². The molecule has 30 heavy (non-hydrogen) atoms. The van der Waals surface area contributed by atoms with Gasteiger partial charge < -0.3 is 14.7 Å². The largest absolute Gasteiger partial charge is 0.507 e. The second kappa shape index (κ2) is 8.08. The lowest BCUT2D eigenvalue weighted by Crippen LogP contribution is -2.36. The molecule has 4 rings (SSSR count). The third-order valence-electron chi connectivity index (χ3n) is 5.43. The molecule has 0 saturated carbocycles. The van der Waals surface area contributed by atoms with Gasteiger partial charge in [-0.15, -0.1) is 0 Å². The topological polar surface area (TPSA) is 110 Å². The van der Waals surface area contributed by atoms with Gasteiger partial charge in [-0.2, -0.15) is 0 Å². The fraction of sp³-hybridized carbons (Fsp3) is 0.273. The van der Waals surface area contributed by atoms with Gasteiger partial charge in [0.25, 0.3) is 17.4 Å². The van der Waals surface area contributed by atoms with Crippen LogP contribution in [-0.2, 0) is 14.3 Å². The third-order valence-corrected chi connectivity index (χ3v) is 5.43. The predicted molar refractivity (Wildman–Crippen MR) is 108 cm³/mol.